The Kier molecular flexibility index (Phi) is 22.1. The van der Waals surface area contributed by atoms with Gasteiger partial charge in [0.15, 0.2) is 0 Å². The SMILES string of the molecule is C=C[C@@H]1C[C@]1(NC(=O)[C@@H]1CCCN1C(=O)CNC(=O)OC(C)(C)C)C(=O)OC.CCC.CCC.O=C(NCc1ccccc1)[C@H]1CCCN1.O=C(O)N1Cc2cccc(F)c2C1. The molecule has 2 saturated heterocycles. The molecule has 0 spiro atoms. The molecule has 62 heavy (non-hydrogen) atoms. The molecular weight excluding hydrogens is 800 g/mol. The lowest BCUT2D eigenvalue weighted by atomic mass is 10.1. The van der Waals surface area contributed by atoms with E-state index in [2.05, 4.69) is 55.5 Å². The van der Waals surface area contributed by atoms with E-state index in [1.54, 1.807) is 39.0 Å². The van der Waals surface area contributed by atoms with Gasteiger partial charge in [-0.2, -0.15) is 0 Å². The van der Waals surface area contributed by atoms with Crippen LogP contribution in [-0.4, -0.2) is 101 Å². The summed E-state index contributed by atoms with van der Waals surface area (Å²) in [5, 5.41) is 20.0. The highest BCUT2D eigenvalue weighted by Gasteiger charge is 2.61. The minimum absolute atomic E-state index is 0.0220. The topological polar surface area (TPSA) is 196 Å². The molecule has 0 unspecified atom stereocenters. The van der Waals surface area contributed by atoms with Crippen LogP contribution in [0.3, 0.4) is 0 Å². The number of esters is 1. The Morgan fingerprint density at radius 1 is 0.935 bits per heavy atom. The zero-order valence-electron chi connectivity index (χ0n) is 37.8. The fourth-order valence-electron chi connectivity index (χ4n) is 6.72. The Morgan fingerprint density at radius 3 is 2.13 bits per heavy atom. The summed E-state index contributed by atoms with van der Waals surface area (Å²) in [7, 11) is 1.27. The van der Waals surface area contributed by atoms with E-state index in [9.17, 15) is 33.2 Å². The van der Waals surface area contributed by atoms with Gasteiger partial charge in [-0.3, -0.25) is 19.3 Å². The van der Waals surface area contributed by atoms with Crippen LogP contribution >= 0.6 is 0 Å². The van der Waals surface area contributed by atoms with Crippen molar-refractivity contribution in [3.8, 4) is 0 Å². The number of benzene rings is 2. The molecule has 5 N–H and O–H groups in total. The van der Waals surface area contributed by atoms with Gasteiger partial charge in [0, 0.05) is 31.1 Å². The molecule has 4 atom stereocenters. The summed E-state index contributed by atoms with van der Waals surface area (Å²) in [5.41, 5.74) is 0.646. The summed E-state index contributed by atoms with van der Waals surface area (Å²) in [6, 6.07) is 14.0. The number of methoxy groups -OCH3 is 1. The Balaban J connectivity index is 0.000000325. The van der Waals surface area contributed by atoms with Gasteiger partial charge in [0.2, 0.25) is 17.7 Å². The number of carbonyl (C=O) groups excluding carboxylic acids is 5. The van der Waals surface area contributed by atoms with Gasteiger partial charge in [-0.15, -0.1) is 6.58 Å². The largest absolute Gasteiger partial charge is 0.467 e. The standard InChI is InChI=1S/C19H29N3O6.C12H16N2O.C9H8FNO2.2C3H8/c1-6-12-10-19(12,16(25)27-5)21-15(24)13-8-7-9-22(13)14(23)11-20-17(26)28-18(2,3)4;15-12(11-7-4-8-13-11)14-9-10-5-2-1-3-6-10;10-8-3-1-2-6-4-11(9(12)13)5-7(6)8;2*1-3-2/h6,12-13H,1,7-11H2,2-5H3,(H,20,26)(H,21,24);1-3,5-6,11,13H,4,7-9H2,(H,14,15);1-3H,4-5H2,(H,12,13);2*3H2,1-2H3/t12-,13+,19-;11-;;;/m11.../s1. The lowest BCUT2D eigenvalue weighted by molar-refractivity contribution is -0.148. The van der Waals surface area contributed by atoms with Crippen molar-refractivity contribution in [2.24, 2.45) is 5.92 Å². The van der Waals surface area contributed by atoms with Crippen molar-refractivity contribution in [3.63, 3.8) is 0 Å². The molecule has 6 rings (SSSR count). The minimum Gasteiger partial charge on any atom is -0.467 e. The molecule has 0 bridgehead atoms. The molecule has 16 heteroatoms. The first-order chi connectivity index (χ1) is 29.4. The number of hydrogen-bond donors (Lipinski definition) is 5. The Bertz CT molecular complexity index is 1780. The van der Waals surface area contributed by atoms with Crippen LogP contribution in [0.15, 0.2) is 61.2 Å². The molecule has 3 heterocycles. The van der Waals surface area contributed by atoms with E-state index in [4.69, 9.17) is 14.6 Å². The number of ether oxygens (including phenoxy) is 2. The van der Waals surface area contributed by atoms with Crippen molar-refractivity contribution in [2.45, 2.75) is 136 Å². The molecule has 2 aromatic rings. The quantitative estimate of drug-likeness (QED) is 0.138. The normalized spacial score (nSPS) is 20.3. The molecule has 3 aliphatic heterocycles. The lowest BCUT2D eigenvalue weighted by Crippen LogP contribution is -2.54. The molecule has 1 saturated carbocycles. The van der Waals surface area contributed by atoms with Crippen molar-refractivity contribution < 1.29 is 47.7 Å². The Morgan fingerprint density at radius 2 is 1.60 bits per heavy atom. The predicted octanol–water partition coefficient (Wildman–Crippen LogP) is 6.44. The maximum Gasteiger partial charge on any atom is 0.408 e. The van der Waals surface area contributed by atoms with Crippen LogP contribution in [0.1, 0.15) is 110 Å². The van der Waals surface area contributed by atoms with Crippen LogP contribution < -0.4 is 21.3 Å². The number of likely N-dealkylation sites (tertiary alicyclic amines) is 1. The molecule has 0 aromatic heterocycles. The number of carbonyl (C=O) groups is 6. The van der Waals surface area contributed by atoms with E-state index < -0.39 is 41.2 Å². The van der Waals surface area contributed by atoms with Crippen LogP contribution in [-0.2, 0) is 48.3 Å². The third-order valence-electron chi connectivity index (χ3n) is 9.74. The highest BCUT2D eigenvalue weighted by molar-refractivity contribution is 5.95. The second-order valence-corrected chi connectivity index (χ2v) is 16.4. The van der Waals surface area contributed by atoms with E-state index in [0.717, 1.165) is 30.5 Å². The molecule has 344 valence electrons. The number of alkyl carbamates (subject to hydrolysis) is 1. The van der Waals surface area contributed by atoms with Crippen LogP contribution in [0, 0.1) is 11.7 Å². The molecular formula is C46H69FN6O9. The summed E-state index contributed by atoms with van der Waals surface area (Å²) < 4.78 is 23.0. The van der Waals surface area contributed by atoms with Gasteiger partial charge in [0.1, 0.15) is 29.5 Å². The molecule has 3 fully saturated rings. The second kappa shape index (κ2) is 26.1. The summed E-state index contributed by atoms with van der Waals surface area (Å²) in [6.07, 6.45) is 6.04. The number of nitrogens with zero attached hydrogens (tertiary/aromatic N) is 2. The Hall–Kier alpha value is -5.51. The van der Waals surface area contributed by atoms with E-state index in [0.29, 0.717) is 44.5 Å². The maximum absolute atomic E-state index is 13.1. The van der Waals surface area contributed by atoms with Gasteiger partial charge in [-0.05, 0) is 76.6 Å². The summed E-state index contributed by atoms with van der Waals surface area (Å²) in [6.45, 7) is 19.5. The van der Waals surface area contributed by atoms with Crippen molar-refractivity contribution in [3.05, 3.63) is 83.7 Å². The van der Waals surface area contributed by atoms with E-state index in [-0.39, 0.29) is 42.7 Å². The van der Waals surface area contributed by atoms with Gasteiger partial charge >= 0.3 is 18.2 Å². The number of hydrogen-bond acceptors (Lipinski definition) is 9. The van der Waals surface area contributed by atoms with Gasteiger partial charge in [0.25, 0.3) is 0 Å². The van der Waals surface area contributed by atoms with Crippen molar-refractivity contribution in [1.82, 2.24) is 31.1 Å². The van der Waals surface area contributed by atoms with Crippen LogP contribution in [0.5, 0.6) is 0 Å². The smallest absolute Gasteiger partial charge is 0.408 e. The maximum atomic E-state index is 13.1. The van der Waals surface area contributed by atoms with Crippen molar-refractivity contribution in [2.75, 3.05) is 26.7 Å². The second-order valence-electron chi connectivity index (χ2n) is 16.4. The fraction of sp³-hybridized carbons (Fsp3) is 0.565. The highest BCUT2D eigenvalue weighted by atomic mass is 19.1. The molecule has 4 aliphatic rings. The number of carboxylic acid groups (broad SMARTS) is 1. The number of rotatable bonds is 9. The van der Waals surface area contributed by atoms with Gasteiger partial charge in [-0.25, -0.2) is 18.8 Å². The number of fused-ring (bicyclic) bond motifs is 1. The zero-order chi connectivity index (χ0) is 46.5. The molecule has 1 aliphatic carbocycles. The predicted molar refractivity (Wildman–Crippen MR) is 235 cm³/mol. The number of halogens is 1. The van der Waals surface area contributed by atoms with E-state index in [1.165, 1.54) is 35.8 Å². The highest BCUT2D eigenvalue weighted by Crippen LogP contribution is 2.45. The third kappa shape index (κ3) is 16.7. The van der Waals surface area contributed by atoms with Crippen molar-refractivity contribution >= 4 is 35.9 Å². The average Bonchev–Trinajstić information content (AvgIpc) is 3.74. The van der Waals surface area contributed by atoms with Crippen molar-refractivity contribution in [1.29, 1.82) is 0 Å². The summed E-state index contributed by atoms with van der Waals surface area (Å²) >= 11 is 0. The minimum atomic E-state index is -1.10. The van der Waals surface area contributed by atoms with Gasteiger partial charge < -0.3 is 40.7 Å². The molecule has 15 nitrogen and oxygen atoms in total. The Labute approximate surface area is 366 Å². The van der Waals surface area contributed by atoms with Crippen LogP contribution in [0.2, 0.25) is 0 Å². The first-order valence-electron chi connectivity index (χ1n) is 21.5. The van der Waals surface area contributed by atoms with Gasteiger partial charge in [-0.1, -0.05) is 89.1 Å². The summed E-state index contributed by atoms with van der Waals surface area (Å²) in [5.74, 6) is -1.70. The monoisotopic (exact) mass is 869 g/mol. The molecule has 2 aromatic carbocycles. The first-order valence-corrected chi connectivity index (χ1v) is 21.5. The van der Waals surface area contributed by atoms with E-state index in [1.807, 2.05) is 30.3 Å². The number of nitrogens with one attached hydrogen (secondary N) is 4. The zero-order valence-corrected chi connectivity index (χ0v) is 37.8. The van der Waals surface area contributed by atoms with E-state index >= 15 is 0 Å². The first kappa shape index (κ1) is 52.6. The van der Waals surface area contributed by atoms with Crippen LogP contribution in [0.4, 0.5) is 14.0 Å². The summed E-state index contributed by atoms with van der Waals surface area (Å²) in [4.78, 5) is 73.9. The van der Waals surface area contributed by atoms with Gasteiger partial charge in [0.05, 0.1) is 19.7 Å². The van der Waals surface area contributed by atoms with Crippen LogP contribution in [0.25, 0.3) is 0 Å². The molecule has 5 amide bonds. The lowest BCUT2D eigenvalue weighted by Gasteiger charge is -2.26. The third-order valence-corrected chi connectivity index (χ3v) is 9.74. The number of amides is 5. The fourth-order valence-corrected chi connectivity index (χ4v) is 6.72. The molecule has 0 radical (unpaired) electrons. The average molecular weight is 869 g/mol.